The van der Waals surface area contributed by atoms with Gasteiger partial charge in [-0.1, -0.05) is 30.3 Å². The predicted molar refractivity (Wildman–Crippen MR) is 107 cm³/mol. The van der Waals surface area contributed by atoms with Gasteiger partial charge in [0.15, 0.2) is 12.4 Å². The summed E-state index contributed by atoms with van der Waals surface area (Å²) in [7, 11) is 0. The Morgan fingerprint density at radius 2 is 1.57 bits per heavy atom. The highest BCUT2D eigenvalue weighted by Crippen LogP contribution is 2.17. The van der Waals surface area contributed by atoms with Gasteiger partial charge in [-0.25, -0.2) is 9.97 Å². The second-order valence-corrected chi connectivity index (χ2v) is 6.07. The van der Waals surface area contributed by atoms with E-state index < -0.39 is 0 Å². The highest BCUT2D eigenvalue weighted by atomic mass is 16.5. The summed E-state index contributed by atoms with van der Waals surface area (Å²) in [5.74, 6) is 1.93. The van der Waals surface area contributed by atoms with Crippen LogP contribution in [0.2, 0.25) is 0 Å². The molecule has 1 aromatic heterocycles. The van der Waals surface area contributed by atoms with Crippen LogP contribution in [0.3, 0.4) is 0 Å². The molecule has 144 valence electrons. The fraction of sp³-hybridized carbons (Fsp3) is 0.227. The molecule has 0 bridgehead atoms. The Hall–Kier alpha value is -3.41. The van der Waals surface area contributed by atoms with E-state index in [4.69, 9.17) is 9.47 Å². The van der Waals surface area contributed by atoms with Crippen LogP contribution in [0.1, 0.15) is 12.5 Å². The van der Waals surface area contributed by atoms with Crippen molar-refractivity contribution in [2.24, 2.45) is 0 Å². The summed E-state index contributed by atoms with van der Waals surface area (Å²) in [5, 5.41) is 2.84. The molecule has 28 heavy (non-hydrogen) atoms. The molecule has 3 aromatic rings. The van der Waals surface area contributed by atoms with Gasteiger partial charge in [0, 0.05) is 24.5 Å². The molecule has 1 heterocycles. The predicted octanol–water partition coefficient (Wildman–Crippen LogP) is 3.28. The normalized spacial score (nSPS) is 10.3. The van der Waals surface area contributed by atoms with E-state index in [1.54, 1.807) is 24.5 Å². The Morgan fingerprint density at radius 3 is 2.21 bits per heavy atom. The third-order valence-corrected chi connectivity index (χ3v) is 3.98. The lowest BCUT2D eigenvalue weighted by Gasteiger charge is -2.08. The van der Waals surface area contributed by atoms with Crippen molar-refractivity contribution in [2.45, 2.75) is 13.3 Å². The maximum atomic E-state index is 11.9. The first kappa shape index (κ1) is 19.4. The third-order valence-electron chi connectivity index (χ3n) is 3.98. The molecule has 0 atom stereocenters. The van der Waals surface area contributed by atoms with Gasteiger partial charge < -0.3 is 14.8 Å². The van der Waals surface area contributed by atoms with E-state index in [2.05, 4.69) is 15.3 Å². The first-order valence-electron chi connectivity index (χ1n) is 9.23. The van der Waals surface area contributed by atoms with Gasteiger partial charge in [-0.3, -0.25) is 4.79 Å². The number of rotatable bonds is 9. The van der Waals surface area contributed by atoms with Crippen molar-refractivity contribution < 1.29 is 14.3 Å². The zero-order valence-electron chi connectivity index (χ0n) is 15.8. The van der Waals surface area contributed by atoms with Crippen molar-refractivity contribution >= 4 is 5.91 Å². The Bertz CT molecular complexity index is 866. The van der Waals surface area contributed by atoms with Crippen LogP contribution in [0.15, 0.2) is 67.0 Å². The molecule has 6 heteroatoms. The lowest BCUT2D eigenvalue weighted by Crippen LogP contribution is -2.30. The first-order chi connectivity index (χ1) is 13.7. The molecule has 1 amide bonds. The van der Waals surface area contributed by atoms with E-state index in [0.717, 1.165) is 16.9 Å². The van der Waals surface area contributed by atoms with Gasteiger partial charge in [-0.15, -0.1) is 0 Å². The summed E-state index contributed by atoms with van der Waals surface area (Å²) in [6, 6.07) is 17.0. The minimum Gasteiger partial charge on any atom is -0.494 e. The second kappa shape index (κ2) is 10.1. The lowest BCUT2D eigenvalue weighted by molar-refractivity contribution is -0.123. The minimum absolute atomic E-state index is 0.0303. The summed E-state index contributed by atoms with van der Waals surface area (Å²) in [6.45, 7) is 3.01. The molecule has 0 saturated heterocycles. The highest BCUT2D eigenvalue weighted by molar-refractivity contribution is 5.77. The molecule has 0 spiro atoms. The van der Waals surface area contributed by atoms with E-state index in [-0.39, 0.29) is 12.5 Å². The molecule has 1 N–H and O–H groups in total. The molecule has 0 unspecified atom stereocenters. The number of nitrogens with one attached hydrogen (secondary N) is 1. The Kier molecular flexibility index (Phi) is 6.95. The third kappa shape index (κ3) is 5.81. The van der Waals surface area contributed by atoms with Gasteiger partial charge in [0.1, 0.15) is 11.5 Å². The number of hydrogen-bond donors (Lipinski definition) is 1. The fourth-order valence-corrected chi connectivity index (χ4v) is 2.57. The van der Waals surface area contributed by atoms with Crippen LogP contribution in [-0.2, 0) is 11.2 Å². The molecule has 0 saturated carbocycles. The fourth-order valence-electron chi connectivity index (χ4n) is 2.57. The van der Waals surface area contributed by atoms with Crippen molar-refractivity contribution in [3.8, 4) is 22.9 Å². The molecular formula is C22H23N3O3. The summed E-state index contributed by atoms with van der Waals surface area (Å²) in [6.07, 6.45) is 4.24. The SMILES string of the molecule is CCOc1ccc(OCC(=O)NCCc2cnc(-c3ccccc3)nc2)cc1. The van der Waals surface area contributed by atoms with Gasteiger partial charge >= 0.3 is 0 Å². The Balaban J connectivity index is 1.39. The van der Waals surface area contributed by atoms with Crippen LogP contribution in [-0.4, -0.2) is 35.6 Å². The van der Waals surface area contributed by atoms with Crippen LogP contribution in [0.25, 0.3) is 11.4 Å². The maximum absolute atomic E-state index is 11.9. The largest absolute Gasteiger partial charge is 0.494 e. The van der Waals surface area contributed by atoms with Crippen molar-refractivity contribution in [3.63, 3.8) is 0 Å². The smallest absolute Gasteiger partial charge is 0.257 e. The Labute approximate surface area is 164 Å². The topological polar surface area (TPSA) is 73.3 Å². The molecule has 0 radical (unpaired) electrons. The van der Waals surface area contributed by atoms with E-state index in [0.29, 0.717) is 31.1 Å². The Morgan fingerprint density at radius 1 is 0.929 bits per heavy atom. The monoisotopic (exact) mass is 377 g/mol. The maximum Gasteiger partial charge on any atom is 0.257 e. The number of ether oxygens (including phenoxy) is 2. The van der Waals surface area contributed by atoms with Gasteiger partial charge in [0.05, 0.1) is 6.61 Å². The zero-order chi connectivity index (χ0) is 19.6. The van der Waals surface area contributed by atoms with Gasteiger partial charge in [0.2, 0.25) is 0 Å². The van der Waals surface area contributed by atoms with E-state index in [9.17, 15) is 4.79 Å². The molecule has 0 aliphatic rings. The van der Waals surface area contributed by atoms with Crippen molar-refractivity contribution in [3.05, 3.63) is 72.6 Å². The van der Waals surface area contributed by atoms with Crippen molar-refractivity contribution in [1.82, 2.24) is 15.3 Å². The van der Waals surface area contributed by atoms with E-state index >= 15 is 0 Å². The van der Waals surface area contributed by atoms with Crippen LogP contribution in [0.5, 0.6) is 11.5 Å². The number of carbonyl (C=O) groups is 1. The molecule has 0 aliphatic carbocycles. The first-order valence-corrected chi connectivity index (χ1v) is 9.23. The average Bonchev–Trinajstić information content (AvgIpc) is 2.75. The summed E-state index contributed by atoms with van der Waals surface area (Å²) < 4.78 is 10.8. The second-order valence-electron chi connectivity index (χ2n) is 6.07. The number of benzene rings is 2. The molecular weight excluding hydrogens is 354 g/mol. The lowest BCUT2D eigenvalue weighted by atomic mass is 10.2. The number of amides is 1. The van der Waals surface area contributed by atoms with E-state index in [1.807, 2.05) is 49.4 Å². The quantitative estimate of drug-likeness (QED) is 0.619. The van der Waals surface area contributed by atoms with E-state index in [1.165, 1.54) is 0 Å². The van der Waals surface area contributed by atoms with Crippen molar-refractivity contribution in [2.75, 3.05) is 19.8 Å². The summed E-state index contributed by atoms with van der Waals surface area (Å²) in [4.78, 5) is 20.7. The number of aromatic nitrogens is 2. The van der Waals surface area contributed by atoms with Crippen molar-refractivity contribution in [1.29, 1.82) is 0 Å². The summed E-state index contributed by atoms with van der Waals surface area (Å²) in [5.41, 5.74) is 1.95. The molecule has 0 aliphatic heterocycles. The molecule has 3 rings (SSSR count). The minimum atomic E-state index is -0.171. The summed E-state index contributed by atoms with van der Waals surface area (Å²) >= 11 is 0. The molecule has 6 nitrogen and oxygen atoms in total. The van der Waals surface area contributed by atoms with Gasteiger partial charge in [0.25, 0.3) is 5.91 Å². The zero-order valence-corrected chi connectivity index (χ0v) is 15.8. The van der Waals surface area contributed by atoms with Gasteiger partial charge in [-0.2, -0.15) is 0 Å². The molecule has 0 fully saturated rings. The standard InChI is InChI=1S/C22H23N3O3/c1-2-27-19-8-10-20(11-9-19)28-16-21(26)23-13-12-17-14-24-22(25-15-17)18-6-4-3-5-7-18/h3-11,14-15H,2,12-13,16H2,1H3,(H,23,26). The van der Waals surface area contributed by atoms with Crippen LogP contribution in [0, 0.1) is 0 Å². The number of nitrogens with zero attached hydrogens (tertiary/aromatic N) is 2. The number of carbonyl (C=O) groups excluding carboxylic acids is 1. The van der Waals surface area contributed by atoms with Crippen LogP contribution in [0.4, 0.5) is 0 Å². The average molecular weight is 377 g/mol. The number of hydrogen-bond acceptors (Lipinski definition) is 5. The van der Waals surface area contributed by atoms with Gasteiger partial charge in [-0.05, 0) is 43.2 Å². The van der Waals surface area contributed by atoms with Crippen LogP contribution >= 0.6 is 0 Å². The highest BCUT2D eigenvalue weighted by Gasteiger charge is 2.04. The molecule has 2 aromatic carbocycles. The van der Waals surface area contributed by atoms with Crippen LogP contribution < -0.4 is 14.8 Å².